The third kappa shape index (κ3) is 5.20. The van der Waals surface area contributed by atoms with Crippen molar-refractivity contribution < 1.29 is 9.18 Å². The number of nitrogens with one attached hydrogen (secondary N) is 1. The van der Waals surface area contributed by atoms with Crippen LogP contribution in [0.1, 0.15) is 41.6 Å². The number of carbonyl (C=O) groups is 1. The number of nitrogens with zero attached hydrogens (tertiary/aromatic N) is 3. The van der Waals surface area contributed by atoms with Gasteiger partial charge in [-0.25, -0.2) is 4.39 Å². The normalized spacial score (nSPS) is 16.0. The van der Waals surface area contributed by atoms with E-state index >= 15 is 0 Å². The fraction of sp³-hybridized carbons (Fsp3) is 0.290. The molecule has 1 amide bonds. The molecule has 2 fully saturated rings. The number of benzene rings is 3. The van der Waals surface area contributed by atoms with Gasteiger partial charge in [0.15, 0.2) is 0 Å². The van der Waals surface area contributed by atoms with Gasteiger partial charge in [-0.1, -0.05) is 24.3 Å². The van der Waals surface area contributed by atoms with Crippen molar-refractivity contribution in [2.24, 2.45) is 0 Å². The summed E-state index contributed by atoms with van der Waals surface area (Å²) in [6, 6.07) is 20.2. The molecule has 2 aliphatic rings. The smallest absolute Gasteiger partial charge is 0.255 e. The van der Waals surface area contributed by atoms with E-state index in [-0.39, 0.29) is 11.7 Å². The number of halogens is 1. The molecule has 1 N–H and O–H groups in total. The fourth-order valence-electron chi connectivity index (χ4n) is 5.47. The molecule has 0 saturated carbocycles. The molecule has 0 bridgehead atoms. The van der Waals surface area contributed by atoms with Crippen LogP contribution in [0.4, 0.5) is 15.8 Å². The van der Waals surface area contributed by atoms with Gasteiger partial charge in [-0.2, -0.15) is 0 Å². The predicted molar refractivity (Wildman–Crippen MR) is 147 cm³/mol. The van der Waals surface area contributed by atoms with Crippen molar-refractivity contribution in [2.75, 3.05) is 36.4 Å². The molecule has 188 valence electrons. The van der Waals surface area contributed by atoms with Crippen LogP contribution in [0, 0.1) is 5.82 Å². The molecule has 0 unspecified atom stereocenters. The zero-order valence-electron chi connectivity index (χ0n) is 20.9. The summed E-state index contributed by atoms with van der Waals surface area (Å²) < 4.78 is 13.3. The maximum atomic E-state index is 13.3. The van der Waals surface area contributed by atoms with Crippen LogP contribution in [-0.4, -0.2) is 42.0 Å². The topological polar surface area (TPSA) is 48.5 Å². The van der Waals surface area contributed by atoms with Gasteiger partial charge in [-0.15, -0.1) is 0 Å². The number of anilines is 2. The molecule has 0 aliphatic carbocycles. The highest BCUT2D eigenvalue weighted by Gasteiger charge is 2.20. The summed E-state index contributed by atoms with van der Waals surface area (Å²) in [5.41, 5.74) is 6.40. The van der Waals surface area contributed by atoms with E-state index in [4.69, 9.17) is 4.98 Å². The first-order valence-corrected chi connectivity index (χ1v) is 13.2. The maximum absolute atomic E-state index is 13.3. The van der Waals surface area contributed by atoms with Crippen LogP contribution < -0.4 is 10.2 Å². The van der Waals surface area contributed by atoms with Crippen LogP contribution >= 0.6 is 0 Å². The molecule has 3 aromatic carbocycles. The monoisotopic (exact) mass is 494 g/mol. The first kappa shape index (κ1) is 23.6. The molecule has 0 spiro atoms. The van der Waals surface area contributed by atoms with Crippen LogP contribution in [0.25, 0.3) is 22.0 Å². The Hall–Kier alpha value is -3.77. The van der Waals surface area contributed by atoms with Crippen molar-refractivity contribution in [1.29, 1.82) is 0 Å². The van der Waals surface area contributed by atoms with Gasteiger partial charge in [0.05, 0.1) is 16.9 Å². The zero-order chi connectivity index (χ0) is 25.2. The first-order chi connectivity index (χ1) is 18.1. The molecule has 3 heterocycles. The summed E-state index contributed by atoms with van der Waals surface area (Å²) in [5, 5.41) is 4.27. The molecular formula is C31H31FN4O. The summed E-state index contributed by atoms with van der Waals surface area (Å²) in [5.74, 6) is -0.419. The number of carbonyl (C=O) groups excluding carboxylic acids is 1. The summed E-state index contributed by atoms with van der Waals surface area (Å²) in [7, 11) is 0. The third-order valence-electron chi connectivity index (χ3n) is 7.48. The summed E-state index contributed by atoms with van der Waals surface area (Å²) in [6.45, 7) is 5.23. The van der Waals surface area contributed by atoms with Crippen molar-refractivity contribution in [2.45, 2.75) is 32.2 Å². The predicted octanol–water partition coefficient (Wildman–Crippen LogP) is 6.49. The van der Waals surface area contributed by atoms with Gasteiger partial charge in [-0.05, 0) is 97.9 Å². The highest BCUT2D eigenvalue weighted by Crippen LogP contribution is 2.34. The second-order valence-corrected chi connectivity index (χ2v) is 10.1. The second-order valence-electron chi connectivity index (χ2n) is 10.1. The Kier molecular flexibility index (Phi) is 6.58. The van der Waals surface area contributed by atoms with Crippen molar-refractivity contribution in [3.05, 3.63) is 89.9 Å². The largest absolute Gasteiger partial charge is 0.370 e. The van der Waals surface area contributed by atoms with Gasteiger partial charge in [0, 0.05) is 36.8 Å². The number of aromatic nitrogens is 1. The van der Waals surface area contributed by atoms with E-state index < -0.39 is 0 Å². The molecule has 2 saturated heterocycles. The van der Waals surface area contributed by atoms with E-state index in [1.165, 1.54) is 30.5 Å². The molecule has 6 rings (SSSR count). The lowest BCUT2D eigenvalue weighted by Crippen LogP contribution is -2.21. The average Bonchev–Trinajstić information content (AvgIpc) is 3.64. The van der Waals surface area contributed by atoms with Crippen LogP contribution in [0.15, 0.2) is 72.9 Å². The summed E-state index contributed by atoms with van der Waals surface area (Å²) >= 11 is 0. The minimum Gasteiger partial charge on any atom is -0.370 e. The molecular weight excluding hydrogens is 463 g/mol. The molecule has 0 radical (unpaired) electrons. The van der Waals surface area contributed by atoms with E-state index in [1.807, 2.05) is 36.5 Å². The van der Waals surface area contributed by atoms with Gasteiger partial charge in [0.25, 0.3) is 5.91 Å². The number of hydrogen-bond acceptors (Lipinski definition) is 4. The molecule has 2 aliphatic heterocycles. The van der Waals surface area contributed by atoms with Gasteiger partial charge in [-0.3, -0.25) is 14.7 Å². The Labute approximate surface area is 216 Å². The van der Waals surface area contributed by atoms with Crippen LogP contribution in [-0.2, 0) is 6.54 Å². The van der Waals surface area contributed by atoms with Gasteiger partial charge < -0.3 is 10.2 Å². The molecule has 5 nitrogen and oxygen atoms in total. The Morgan fingerprint density at radius 2 is 1.49 bits per heavy atom. The van der Waals surface area contributed by atoms with Crippen molar-refractivity contribution >= 4 is 28.2 Å². The van der Waals surface area contributed by atoms with E-state index in [0.717, 1.165) is 79.0 Å². The minimum absolute atomic E-state index is 0.156. The molecule has 1 aromatic heterocycles. The van der Waals surface area contributed by atoms with Crippen LogP contribution in [0.5, 0.6) is 0 Å². The van der Waals surface area contributed by atoms with Crippen LogP contribution in [0.3, 0.4) is 0 Å². The third-order valence-corrected chi connectivity index (χ3v) is 7.48. The van der Waals surface area contributed by atoms with Crippen molar-refractivity contribution in [1.82, 2.24) is 9.88 Å². The highest BCUT2D eigenvalue weighted by atomic mass is 19.1. The van der Waals surface area contributed by atoms with Gasteiger partial charge in [0.1, 0.15) is 5.82 Å². The van der Waals surface area contributed by atoms with E-state index in [9.17, 15) is 9.18 Å². The Bertz CT molecular complexity index is 1410. The summed E-state index contributed by atoms with van der Waals surface area (Å²) in [4.78, 5) is 22.9. The number of rotatable bonds is 6. The highest BCUT2D eigenvalue weighted by molar-refractivity contribution is 6.07. The van der Waals surface area contributed by atoms with Gasteiger partial charge >= 0.3 is 0 Å². The van der Waals surface area contributed by atoms with E-state index in [1.54, 1.807) is 12.1 Å². The Balaban J connectivity index is 1.26. The quantitative estimate of drug-likeness (QED) is 0.333. The lowest BCUT2D eigenvalue weighted by atomic mass is 10.0. The number of fused-ring (bicyclic) bond motifs is 1. The Morgan fingerprint density at radius 3 is 2.19 bits per heavy atom. The van der Waals surface area contributed by atoms with E-state index in [2.05, 4.69) is 27.2 Å². The lowest BCUT2D eigenvalue weighted by molar-refractivity contribution is 0.102. The standard InChI is InChI=1S/C31H31FN4O/c32-27-11-9-24(10-12-27)23-5-7-25(8-6-23)31(37)34-29-19-28-26(18-30(29)36-15-3-4-16-36)17-22(20-33-28)21-35-13-1-2-14-35/h5-12,17-20H,1-4,13-16,21H2,(H,34,37). The fourth-order valence-corrected chi connectivity index (χ4v) is 5.47. The molecule has 37 heavy (non-hydrogen) atoms. The second kappa shape index (κ2) is 10.3. The number of likely N-dealkylation sites (tertiary alicyclic amines) is 1. The molecule has 4 aromatic rings. The minimum atomic E-state index is -0.263. The zero-order valence-corrected chi connectivity index (χ0v) is 20.9. The van der Waals surface area contributed by atoms with Gasteiger partial charge in [0.2, 0.25) is 0 Å². The number of pyridine rings is 1. The van der Waals surface area contributed by atoms with Crippen LogP contribution in [0.2, 0.25) is 0 Å². The SMILES string of the molecule is O=C(Nc1cc2ncc(CN3CCCC3)cc2cc1N1CCCC1)c1ccc(-c2ccc(F)cc2)cc1. The van der Waals surface area contributed by atoms with Crippen molar-refractivity contribution in [3.63, 3.8) is 0 Å². The molecule has 0 atom stereocenters. The summed E-state index contributed by atoms with van der Waals surface area (Å²) in [6.07, 6.45) is 6.83. The maximum Gasteiger partial charge on any atom is 0.255 e. The Morgan fingerprint density at radius 1 is 0.838 bits per heavy atom. The average molecular weight is 495 g/mol. The van der Waals surface area contributed by atoms with E-state index in [0.29, 0.717) is 5.56 Å². The number of hydrogen-bond donors (Lipinski definition) is 1. The first-order valence-electron chi connectivity index (χ1n) is 13.2. The lowest BCUT2D eigenvalue weighted by Gasteiger charge is -2.23. The molecule has 6 heteroatoms. The van der Waals surface area contributed by atoms with Crippen molar-refractivity contribution in [3.8, 4) is 11.1 Å². The number of amides is 1.